The van der Waals surface area contributed by atoms with E-state index < -0.39 is 0 Å². The third kappa shape index (κ3) is 2.32. The zero-order valence-electron chi connectivity index (χ0n) is 11.7. The fourth-order valence-corrected chi connectivity index (χ4v) is 3.51. The average Bonchev–Trinajstić information content (AvgIpc) is 3.08. The summed E-state index contributed by atoms with van der Waals surface area (Å²) in [4.78, 5) is 2.48. The number of para-hydroxylation sites is 1. The standard InChI is InChI=1S/C16H21NO3/c1-2-4-15-13(3-1)11-14(20-15)12-17-7-5-16(6-8-17)18-9-10-19-16/h1-4,14H,5-12H2. The van der Waals surface area contributed by atoms with Crippen LogP contribution in [0.25, 0.3) is 0 Å². The zero-order chi connectivity index (χ0) is 13.4. The van der Waals surface area contributed by atoms with E-state index in [-0.39, 0.29) is 5.79 Å². The van der Waals surface area contributed by atoms with Gasteiger partial charge in [-0.3, -0.25) is 4.90 Å². The molecule has 0 saturated carbocycles. The highest BCUT2D eigenvalue weighted by Crippen LogP contribution is 2.33. The van der Waals surface area contributed by atoms with E-state index in [1.807, 2.05) is 6.07 Å². The first-order chi connectivity index (χ1) is 9.83. The second-order valence-corrected chi connectivity index (χ2v) is 5.96. The number of fused-ring (bicyclic) bond motifs is 1. The summed E-state index contributed by atoms with van der Waals surface area (Å²) in [5.74, 6) is 0.796. The minimum absolute atomic E-state index is 0.268. The smallest absolute Gasteiger partial charge is 0.170 e. The number of hydrogen-bond donors (Lipinski definition) is 0. The normalized spacial score (nSPS) is 28.5. The van der Waals surface area contributed by atoms with Crippen molar-refractivity contribution in [3.63, 3.8) is 0 Å². The Hall–Kier alpha value is -1.10. The summed E-state index contributed by atoms with van der Waals surface area (Å²) in [5, 5.41) is 0. The first-order valence-corrected chi connectivity index (χ1v) is 7.58. The molecule has 1 atom stereocenters. The van der Waals surface area contributed by atoms with Crippen LogP contribution in [0.4, 0.5) is 0 Å². The minimum atomic E-state index is -0.268. The summed E-state index contributed by atoms with van der Waals surface area (Å²) >= 11 is 0. The summed E-state index contributed by atoms with van der Waals surface area (Å²) in [6, 6.07) is 8.37. The number of hydrogen-bond acceptors (Lipinski definition) is 4. The molecule has 3 heterocycles. The average molecular weight is 275 g/mol. The summed E-state index contributed by atoms with van der Waals surface area (Å²) in [7, 11) is 0. The van der Waals surface area contributed by atoms with Gasteiger partial charge in [-0.2, -0.15) is 0 Å². The van der Waals surface area contributed by atoms with E-state index >= 15 is 0 Å². The summed E-state index contributed by atoms with van der Waals surface area (Å²) in [6.07, 6.45) is 3.29. The molecule has 108 valence electrons. The van der Waals surface area contributed by atoms with Crippen molar-refractivity contribution in [1.29, 1.82) is 0 Å². The van der Waals surface area contributed by atoms with E-state index in [9.17, 15) is 0 Å². The second-order valence-electron chi connectivity index (χ2n) is 5.96. The molecule has 20 heavy (non-hydrogen) atoms. The molecule has 0 N–H and O–H groups in total. The number of piperidine rings is 1. The van der Waals surface area contributed by atoms with Crippen molar-refractivity contribution in [2.45, 2.75) is 31.2 Å². The van der Waals surface area contributed by atoms with Gasteiger partial charge in [0.15, 0.2) is 5.79 Å². The molecule has 0 bridgehead atoms. The van der Waals surface area contributed by atoms with Crippen LogP contribution in [0.1, 0.15) is 18.4 Å². The second kappa shape index (κ2) is 5.02. The van der Waals surface area contributed by atoms with Gasteiger partial charge in [-0.15, -0.1) is 0 Å². The largest absolute Gasteiger partial charge is 0.488 e. The molecule has 1 spiro atoms. The van der Waals surface area contributed by atoms with Crippen LogP contribution in [0.5, 0.6) is 5.75 Å². The van der Waals surface area contributed by atoms with Crippen molar-refractivity contribution < 1.29 is 14.2 Å². The lowest BCUT2D eigenvalue weighted by Gasteiger charge is -2.38. The van der Waals surface area contributed by atoms with Gasteiger partial charge in [0.25, 0.3) is 0 Å². The molecule has 4 heteroatoms. The maximum atomic E-state index is 6.02. The van der Waals surface area contributed by atoms with Crippen LogP contribution in [0.3, 0.4) is 0 Å². The molecule has 1 aromatic rings. The van der Waals surface area contributed by atoms with Crippen molar-refractivity contribution in [3.05, 3.63) is 29.8 Å². The van der Waals surface area contributed by atoms with Gasteiger partial charge in [-0.05, 0) is 11.6 Å². The highest BCUT2D eigenvalue weighted by molar-refractivity contribution is 5.37. The van der Waals surface area contributed by atoms with Crippen LogP contribution >= 0.6 is 0 Å². The van der Waals surface area contributed by atoms with Gasteiger partial charge in [0.2, 0.25) is 0 Å². The quantitative estimate of drug-likeness (QED) is 0.824. The van der Waals surface area contributed by atoms with Crippen molar-refractivity contribution in [3.8, 4) is 5.75 Å². The highest BCUT2D eigenvalue weighted by Gasteiger charge is 2.40. The fourth-order valence-electron chi connectivity index (χ4n) is 3.51. The van der Waals surface area contributed by atoms with Crippen molar-refractivity contribution in [1.82, 2.24) is 4.90 Å². The van der Waals surface area contributed by atoms with E-state index in [1.54, 1.807) is 0 Å². The van der Waals surface area contributed by atoms with E-state index in [2.05, 4.69) is 23.1 Å². The molecule has 1 unspecified atom stereocenters. The monoisotopic (exact) mass is 275 g/mol. The first kappa shape index (κ1) is 12.6. The number of ether oxygens (including phenoxy) is 3. The van der Waals surface area contributed by atoms with Crippen LogP contribution < -0.4 is 4.74 Å². The minimum Gasteiger partial charge on any atom is -0.488 e. The molecule has 4 nitrogen and oxygen atoms in total. The Kier molecular flexibility index (Phi) is 3.17. The fraction of sp³-hybridized carbons (Fsp3) is 0.625. The Morgan fingerprint density at radius 2 is 1.85 bits per heavy atom. The summed E-state index contributed by atoms with van der Waals surface area (Å²) in [6.45, 7) is 4.58. The topological polar surface area (TPSA) is 30.9 Å². The van der Waals surface area contributed by atoms with E-state index in [1.165, 1.54) is 5.56 Å². The number of benzene rings is 1. The van der Waals surface area contributed by atoms with Gasteiger partial charge in [0.05, 0.1) is 13.2 Å². The Morgan fingerprint density at radius 1 is 1.10 bits per heavy atom. The lowest BCUT2D eigenvalue weighted by atomic mass is 10.0. The Bertz CT molecular complexity index is 449. The third-order valence-corrected chi connectivity index (χ3v) is 4.61. The highest BCUT2D eigenvalue weighted by atomic mass is 16.7. The lowest BCUT2D eigenvalue weighted by molar-refractivity contribution is -0.186. The molecule has 0 amide bonds. The van der Waals surface area contributed by atoms with Crippen molar-refractivity contribution in [2.75, 3.05) is 32.8 Å². The third-order valence-electron chi connectivity index (χ3n) is 4.61. The van der Waals surface area contributed by atoms with Gasteiger partial charge >= 0.3 is 0 Å². The molecule has 4 rings (SSSR count). The molecule has 0 aromatic heterocycles. The maximum absolute atomic E-state index is 6.02. The predicted molar refractivity (Wildman–Crippen MR) is 74.9 cm³/mol. The molecule has 2 fully saturated rings. The van der Waals surface area contributed by atoms with Gasteiger partial charge < -0.3 is 14.2 Å². The first-order valence-electron chi connectivity index (χ1n) is 7.58. The Labute approximate surface area is 119 Å². The van der Waals surface area contributed by atoms with E-state index in [0.29, 0.717) is 6.10 Å². The molecule has 0 radical (unpaired) electrons. The maximum Gasteiger partial charge on any atom is 0.170 e. The van der Waals surface area contributed by atoms with Gasteiger partial charge in [-0.1, -0.05) is 18.2 Å². The van der Waals surface area contributed by atoms with Crippen LogP contribution in [0.2, 0.25) is 0 Å². The van der Waals surface area contributed by atoms with Crippen LogP contribution in [-0.2, 0) is 15.9 Å². The van der Waals surface area contributed by atoms with Crippen molar-refractivity contribution >= 4 is 0 Å². The van der Waals surface area contributed by atoms with Crippen LogP contribution in [0.15, 0.2) is 24.3 Å². The zero-order valence-corrected chi connectivity index (χ0v) is 11.7. The molecule has 3 aliphatic rings. The number of likely N-dealkylation sites (tertiary alicyclic amines) is 1. The van der Waals surface area contributed by atoms with Crippen LogP contribution in [-0.4, -0.2) is 49.6 Å². The molecule has 3 aliphatic heterocycles. The van der Waals surface area contributed by atoms with E-state index in [0.717, 1.165) is 57.9 Å². The predicted octanol–water partition coefficient (Wildman–Crippen LogP) is 1.83. The molecule has 1 aromatic carbocycles. The van der Waals surface area contributed by atoms with Gasteiger partial charge in [0, 0.05) is 38.9 Å². The Morgan fingerprint density at radius 3 is 2.60 bits per heavy atom. The summed E-state index contributed by atoms with van der Waals surface area (Å²) in [5.41, 5.74) is 1.34. The number of rotatable bonds is 2. The van der Waals surface area contributed by atoms with Crippen LogP contribution in [0, 0.1) is 0 Å². The molecular formula is C16H21NO3. The van der Waals surface area contributed by atoms with E-state index in [4.69, 9.17) is 14.2 Å². The molecule has 0 aliphatic carbocycles. The summed E-state index contributed by atoms with van der Waals surface area (Å²) < 4.78 is 17.6. The Balaban J connectivity index is 1.31. The van der Waals surface area contributed by atoms with Gasteiger partial charge in [-0.25, -0.2) is 0 Å². The molecule has 2 saturated heterocycles. The lowest BCUT2D eigenvalue weighted by Crippen LogP contribution is -2.47. The number of nitrogens with zero attached hydrogens (tertiary/aromatic N) is 1. The molecular weight excluding hydrogens is 254 g/mol. The SMILES string of the molecule is c1ccc2c(c1)CC(CN1CCC3(CC1)OCCO3)O2. The van der Waals surface area contributed by atoms with Gasteiger partial charge in [0.1, 0.15) is 11.9 Å². The van der Waals surface area contributed by atoms with Crippen molar-refractivity contribution in [2.24, 2.45) is 0 Å².